The Hall–Kier alpha value is -2.94. The molecule has 0 fully saturated rings. The number of carbonyl (C=O) groups is 1. The van der Waals surface area contributed by atoms with Gasteiger partial charge in [-0.15, -0.1) is 0 Å². The van der Waals surface area contributed by atoms with Crippen LogP contribution in [0.3, 0.4) is 0 Å². The summed E-state index contributed by atoms with van der Waals surface area (Å²) in [5, 5.41) is 9.11. The van der Waals surface area contributed by atoms with E-state index in [2.05, 4.69) is 29.2 Å². The summed E-state index contributed by atoms with van der Waals surface area (Å²) in [6, 6.07) is 22.0. The molecule has 3 rings (SSSR count). The molecule has 1 heterocycles. The zero-order valence-electron chi connectivity index (χ0n) is 12.8. The maximum absolute atomic E-state index is 11.1. The second kappa shape index (κ2) is 6.44. The standard InChI is InChI=1S/C20H17NO2/c1-14-12-18(20(22)23)21-13-17(14)19(15-8-4-2-5-9-15)16-10-6-3-7-11-16/h2-13,19H,1H3,(H,22,23). The van der Waals surface area contributed by atoms with Crippen LogP contribution in [-0.2, 0) is 0 Å². The summed E-state index contributed by atoms with van der Waals surface area (Å²) < 4.78 is 0. The predicted octanol–water partition coefficient (Wildman–Crippen LogP) is 4.27. The number of aromatic nitrogens is 1. The summed E-state index contributed by atoms with van der Waals surface area (Å²) >= 11 is 0. The lowest BCUT2D eigenvalue weighted by atomic mass is 9.84. The summed E-state index contributed by atoms with van der Waals surface area (Å²) in [7, 11) is 0. The minimum atomic E-state index is -1.00. The van der Waals surface area contributed by atoms with Crippen LogP contribution in [0.1, 0.15) is 38.7 Å². The average Bonchev–Trinajstić information content (AvgIpc) is 2.58. The number of aryl methyl sites for hydroxylation is 1. The van der Waals surface area contributed by atoms with E-state index in [0.29, 0.717) is 0 Å². The summed E-state index contributed by atoms with van der Waals surface area (Å²) in [6.45, 7) is 1.93. The van der Waals surface area contributed by atoms with E-state index in [1.807, 2.05) is 43.3 Å². The first-order valence-electron chi connectivity index (χ1n) is 7.46. The third-order valence-corrected chi connectivity index (χ3v) is 3.95. The van der Waals surface area contributed by atoms with Gasteiger partial charge in [0.25, 0.3) is 0 Å². The van der Waals surface area contributed by atoms with E-state index in [9.17, 15) is 4.79 Å². The normalized spacial score (nSPS) is 10.7. The lowest BCUT2D eigenvalue weighted by Gasteiger charge is -2.20. The molecule has 1 aromatic heterocycles. The minimum absolute atomic E-state index is 0.0349. The van der Waals surface area contributed by atoms with Crippen LogP contribution in [0.2, 0.25) is 0 Å². The number of rotatable bonds is 4. The highest BCUT2D eigenvalue weighted by Crippen LogP contribution is 2.33. The molecule has 1 N–H and O–H groups in total. The van der Waals surface area contributed by atoms with E-state index in [4.69, 9.17) is 5.11 Å². The summed E-state index contributed by atoms with van der Waals surface area (Å²) in [4.78, 5) is 15.2. The number of pyridine rings is 1. The van der Waals surface area contributed by atoms with Crippen LogP contribution >= 0.6 is 0 Å². The van der Waals surface area contributed by atoms with Crippen LogP contribution in [0, 0.1) is 6.92 Å². The van der Waals surface area contributed by atoms with Gasteiger partial charge in [0.1, 0.15) is 5.69 Å². The van der Waals surface area contributed by atoms with Crippen molar-refractivity contribution in [3.8, 4) is 0 Å². The molecular weight excluding hydrogens is 286 g/mol. The molecule has 2 aromatic carbocycles. The number of hydrogen-bond acceptors (Lipinski definition) is 2. The molecule has 23 heavy (non-hydrogen) atoms. The Kier molecular flexibility index (Phi) is 4.20. The van der Waals surface area contributed by atoms with Gasteiger partial charge in [-0.1, -0.05) is 60.7 Å². The van der Waals surface area contributed by atoms with Gasteiger partial charge in [-0.2, -0.15) is 0 Å². The second-order valence-electron chi connectivity index (χ2n) is 5.49. The molecule has 0 aliphatic rings. The fourth-order valence-electron chi connectivity index (χ4n) is 2.83. The van der Waals surface area contributed by atoms with Gasteiger partial charge in [0, 0.05) is 12.1 Å². The first kappa shape index (κ1) is 15.0. The van der Waals surface area contributed by atoms with Gasteiger partial charge in [0.05, 0.1) is 0 Å². The van der Waals surface area contributed by atoms with Gasteiger partial charge in [0.2, 0.25) is 0 Å². The van der Waals surface area contributed by atoms with Crippen LogP contribution in [-0.4, -0.2) is 16.1 Å². The Labute approximate surface area is 135 Å². The highest BCUT2D eigenvalue weighted by Gasteiger charge is 2.19. The van der Waals surface area contributed by atoms with E-state index in [0.717, 1.165) is 22.3 Å². The van der Waals surface area contributed by atoms with Gasteiger partial charge in [0.15, 0.2) is 0 Å². The Morgan fingerprint density at radius 1 is 0.957 bits per heavy atom. The molecule has 0 aliphatic heterocycles. The summed E-state index contributed by atoms with van der Waals surface area (Å²) in [6.07, 6.45) is 1.68. The van der Waals surface area contributed by atoms with Crippen molar-refractivity contribution >= 4 is 5.97 Å². The molecule has 0 bridgehead atoms. The van der Waals surface area contributed by atoms with Crippen molar-refractivity contribution in [2.75, 3.05) is 0 Å². The van der Waals surface area contributed by atoms with Crippen LogP contribution in [0.4, 0.5) is 0 Å². The van der Waals surface area contributed by atoms with Crippen molar-refractivity contribution in [1.82, 2.24) is 4.98 Å². The molecule has 0 spiro atoms. The third kappa shape index (κ3) is 3.14. The maximum Gasteiger partial charge on any atom is 0.354 e. The molecule has 114 valence electrons. The average molecular weight is 303 g/mol. The zero-order valence-corrected chi connectivity index (χ0v) is 12.8. The number of aromatic carboxylic acids is 1. The fraction of sp³-hybridized carbons (Fsp3) is 0.100. The van der Waals surface area contributed by atoms with Crippen LogP contribution in [0.25, 0.3) is 0 Å². The molecule has 0 amide bonds. The Bertz CT molecular complexity index is 774. The monoisotopic (exact) mass is 303 g/mol. The van der Waals surface area contributed by atoms with Crippen molar-refractivity contribution in [3.63, 3.8) is 0 Å². The summed E-state index contributed by atoms with van der Waals surface area (Å²) in [5.41, 5.74) is 4.34. The highest BCUT2D eigenvalue weighted by molar-refractivity contribution is 5.85. The molecule has 3 aromatic rings. The quantitative estimate of drug-likeness (QED) is 0.783. The molecule has 0 aliphatic carbocycles. The van der Waals surface area contributed by atoms with E-state index >= 15 is 0 Å². The van der Waals surface area contributed by atoms with Gasteiger partial charge < -0.3 is 5.11 Å². The fourth-order valence-corrected chi connectivity index (χ4v) is 2.83. The molecule has 3 heteroatoms. The first-order chi connectivity index (χ1) is 11.2. The van der Waals surface area contributed by atoms with Crippen LogP contribution in [0.15, 0.2) is 72.9 Å². The SMILES string of the molecule is Cc1cc(C(=O)O)ncc1C(c1ccccc1)c1ccccc1. The molecular formula is C20H17NO2. The first-order valence-corrected chi connectivity index (χ1v) is 7.46. The van der Waals surface area contributed by atoms with Gasteiger partial charge in [-0.05, 0) is 35.2 Å². The topological polar surface area (TPSA) is 50.2 Å². The van der Waals surface area contributed by atoms with Crippen molar-refractivity contribution in [3.05, 3.63) is 101 Å². The number of benzene rings is 2. The molecule has 0 radical (unpaired) electrons. The van der Waals surface area contributed by atoms with Gasteiger partial charge >= 0.3 is 5.97 Å². The molecule has 0 saturated heterocycles. The van der Waals surface area contributed by atoms with Gasteiger partial charge in [-0.25, -0.2) is 9.78 Å². The molecule has 0 unspecified atom stereocenters. The van der Waals surface area contributed by atoms with Gasteiger partial charge in [-0.3, -0.25) is 0 Å². The summed E-state index contributed by atoms with van der Waals surface area (Å²) in [5.74, 6) is -0.969. The smallest absolute Gasteiger partial charge is 0.354 e. The van der Waals surface area contributed by atoms with Crippen molar-refractivity contribution in [2.45, 2.75) is 12.8 Å². The number of hydrogen-bond donors (Lipinski definition) is 1. The van der Waals surface area contributed by atoms with Crippen LogP contribution < -0.4 is 0 Å². The minimum Gasteiger partial charge on any atom is -0.477 e. The number of nitrogens with zero attached hydrogens (tertiary/aromatic N) is 1. The third-order valence-electron chi connectivity index (χ3n) is 3.95. The number of carboxylic acids is 1. The largest absolute Gasteiger partial charge is 0.477 e. The highest BCUT2D eigenvalue weighted by atomic mass is 16.4. The maximum atomic E-state index is 11.1. The molecule has 3 nitrogen and oxygen atoms in total. The van der Waals surface area contributed by atoms with Crippen molar-refractivity contribution < 1.29 is 9.90 Å². The predicted molar refractivity (Wildman–Crippen MR) is 89.8 cm³/mol. The number of carboxylic acid groups (broad SMARTS) is 1. The van der Waals surface area contributed by atoms with E-state index in [-0.39, 0.29) is 11.6 Å². The molecule has 0 saturated carbocycles. The van der Waals surface area contributed by atoms with E-state index < -0.39 is 5.97 Å². The molecule has 0 atom stereocenters. The van der Waals surface area contributed by atoms with E-state index in [1.54, 1.807) is 12.3 Å². The lowest BCUT2D eigenvalue weighted by Crippen LogP contribution is -2.08. The second-order valence-corrected chi connectivity index (χ2v) is 5.49. The van der Waals surface area contributed by atoms with Crippen molar-refractivity contribution in [2.24, 2.45) is 0 Å². The van der Waals surface area contributed by atoms with Crippen molar-refractivity contribution in [1.29, 1.82) is 0 Å². The van der Waals surface area contributed by atoms with E-state index in [1.165, 1.54) is 0 Å². The Morgan fingerprint density at radius 3 is 1.91 bits per heavy atom. The Balaban J connectivity index is 2.15. The lowest BCUT2D eigenvalue weighted by molar-refractivity contribution is 0.0690. The van der Waals surface area contributed by atoms with Crippen LogP contribution in [0.5, 0.6) is 0 Å². The Morgan fingerprint density at radius 2 is 1.48 bits per heavy atom. The zero-order chi connectivity index (χ0) is 16.2.